The second kappa shape index (κ2) is 4.99. The van der Waals surface area contributed by atoms with Crippen LogP contribution in [0.1, 0.15) is 42.4 Å². The van der Waals surface area contributed by atoms with Crippen LogP contribution in [0.4, 0.5) is 8.78 Å². The maximum absolute atomic E-state index is 13.8. The zero-order valence-corrected chi connectivity index (χ0v) is 10.3. The quantitative estimate of drug-likeness (QED) is 0.594. The van der Waals surface area contributed by atoms with Crippen LogP contribution in [0.25, 0.3) is 0 Å². The number of nitrogens with zero attached hydrogens (tertiary/aromatic N) is 1. The molecule has 1 fully saturated rings. The molecule has 2 rings (SSSR count). The molecule has 0 N–H and O–H groups in total. The van der Waals surface area contributed by atoms with Gasteiger partial charge in [0.1, 0.15) is 12.5 Å². The zero-order chi connectivity index (χ0) is 13.2. The third-order valence-corrected chi connectivity index (χ3v) is 3.78. The Morgan fingerprint density at radius 2 is 2.06 bits per heavy atom. The van der Waals surface area contributed by atoms with Crippen LogP contribution < -0.4 is 0 Å². The number of alkyl halides is 1. The molecular weight excluding hydrogens is 236 g/mol. The van der Waals surface area contributed by atoms with Gasteiger partial charge in [-0.15, -0.1) is 0 Å². The van der Waals surface area contributed by atoms with E-state index in [1.807, 2.05) is 0 Å². The maximum Gasteiger partial charge on any atom is 0.235 e. The van der Waals surface area contributed by atoms with Crippen LogP contribution in [0, 0.1) is 12.7 Å². The van der Waals surface area contributed by atoms with Gasteiger partial charge in [0.2, 0.25) is 6.08 Å². The van der Waals surface area contributed by atoms with Crippen molar-refractivity contribution in [3.05, 3.63) is 34.6 Å². The molecule has 0 aliphatic heterocycles. The molecule has 1 aliphatic rings. The molecule has 1 aromatic carbocycles. The molecule has 18 heavy (non-hydrogen) atoms. The fourth-order valence-corrected chi connectivity index (χ4v) is 2.72. The Labute approximate surface area is 105 Å². The van der Waals surface area contributed by atoms with E-state index in [2.05, 4.69) is 4.99 Å². The fourth-order valence-electron chi connectivity index (χ4n) is 2.72. The highest BCUT2D eigenvalue weighted by Crippen LogP contribution is 2.42. The highest BCUT2D eigenvalue weighted by atomic mass is 19.1. The lowest BCUT2D eigenvalue weighted by Gasteiger charge is -2.24. The van der Waals surface area contributed by atoms with Gasteiger partial charge in [0, 0.05) is 5.56 Å². The lowest BCUT2D eigenvalue weighted by molar-refractivity contribution is 0.442. The molecule has 0 atom stereocenters. The molecule has 2 nitrogen and oxygen atoms in total. The molecule has 0 bridgehead atoms. The lowest BCUT2D eigenvalue weighted by Crippen LogP contribution is -2.19. The molecule has 96 valence electrons. The topological polar surface area (TPSA) is 29.4 Å². The largest absolute Gasteiger partial charge is 0.246 e. The monoisotopic (exact) mass is 251 g/mol. The summed E-state index contributed by atoms with van der Waals surface area (Å²) in [5.74, 6) is -0.556. The summed E-state index contributed by atoms with van der Waals surface area (Å²) in [4.78, 5) is 14.5. The third kappa shape index (κ3) is 2.08. The average Bonchev–Trinajstić information content (AvgIpc) is 2.79. The molecule has 1 aliphatic carbocycles. The van der Waals surface area contributed by atoms with Gasteiger partial charge in [-0.1, -0.05) is 18.9 Å². The lowest BCUT2D eigenvalue weighted by atomic mass is 9.87. The van der Waals surface area contributed by atoms with E-state index in [4.69, 9.17) is 0 Å². The van der Waals surface area contributed by atoms with Gasteiger partial charge < -0.3 is 0 Å². The van der Waals surface area contributed by atoms with E-state index < -0.39 is 18.0 Å². The van der Waals surface area contributed by atoms with Crippen molar-refractivity contribution in [3.63, 3.8) is 0 Å². The number of hydrogen-bond acceptors (Lipinski definition) is 2. The van der Waals surface area contributed by atoms with Crippen molar-refractivity contribution in [3.8, 4) is 0 Å². The molecule has 0 amide bonds. The second-order valence-corrected chi connectivity index (χ2v) is 4.83. The predicted molar refractivity (Wildman–Crippen MR) is 64.2 cm³/mol. The fraction of sp³-hybridized carbons (Fsp3) is 0.500. The van der Waals surface area contributed by atoms with E-state index in [0.29, 0.717) is 11.1 Å². The van der Waals surface area contributed by atoms with Gasteiger partial charge in [0.25, 0.3) is 0 Å². The van der Waals surface area contributed by atoms with Crippen molar-refractivity contribution in [2.75, 3.05) is 0 Å². The average molecular weight is 251 g/mol. The van der Waals surface area contributed by atoms with Crippen LogP contribution in [0.3, 0.4) is 0 Å². The number of aryl methyl sites for hydroxylation is 1. The van der Waals surface area contributed by atoms with E-state index >= 15 is 0 Å². The van der Waals surface area contributed by atoms with E-state index in [0.717, 1.165) is 25.7 Å². The maximum atomic E-state index is 13.8. The molecule has 0 saturated heterocycles. The van der Waals surface area contributed by atoms with Gasteiger partial charge in [-0.25, -0.2) is 13.6 Å². The Balaban J connectivity index is 2.53. The van der Waals surface area contributed by atoms with Crippen molar-refractivity contribution in [2.45, 2.75) is 44.8 Å². The Morgan fingerprint density at radius 1 is 1.39 bits per heavy atom. The van der Waals surface area contributed by atoms with Crippen molar-refractivity contribution >= 4 is 6.08 Å². The van der Waals surface area contributed by atoms with Crippen molar-refractivity contribution < 1.29 is 13.6 Å². The van der Waals surface area contributed by atoms with Crippen LogP contribution in [-0.4, -0.2) is 6.08 Å². The number of isocyanates is 1. The number of carbonyl (C=O) groups excluding carboxylic acids is 1. The van der Waals surface area contributed by atoms with Gasteiger partial charge in [-0.3, -0.25) is 0 Å². The number of aliphatic imine (C=N–C) groups is 1. The van der Waals surface area contributed by atoms with Gasteiger partial charge >= 0.3 is 0 Å². The first-order chi connectivity index (χ1) is 8.63. The summed E-state index contributed by atoms with van der Waals surface area (Å²) in [6.45, 7) is 0.858. The highest BCUT2D eigenvalue weighted by Gasteiger charge is 2.36. The first kappa shape index (κ1) is 12.9. The van der Waals surface area contributed by atoms with Crippen LogP contribution in [-0.2, 0) is 17.0 Å². The van der Waals surface area contributed by atoms with Crippen LogP contribution in [0.15, 0.2) is 17.1 Å². The third-order valence-electron chi connectivity index (χ3n) is 3.78. The summed E-state index contributed by atoms with van der Waals surface area (Å²) in [6.07, 6.45) is 4.94. The molecule has 0 radical (unpaired) electrons. The number of rotatable bonds is 3. The SMILES string of the molecule is Cc1cc(C2(N=C=O)CCCC2)cc(F)c1CF. The number of benzene rings is 1. The van der Waals surface area contributed by atoms with E-state index in [9.17, 15) is 13.6 Å². The first-order valence-corrected chi connectivity index (χ1v) is 6.07. The Morgan fingerprint density at radius 3 is 2.56 bits per heavy atom. The Bertz CT molecular complexity index is 478. The van der Waals surface area contributed by atoms with Gasteiger partial charge in [-0.05, 0) is 37.0 Å². The van der Waals surface area contributed by atoms with E-state index in [-0.39, 0.29) is 5.56 Å². The summed E-state index contributed by atoms with van der Waals surface area (Å²) in [5, 5.41) is 0. The van der Waals surface area contributed by atoms with Gasteiger partial charge in [-0.2, -0.15) is 4.99 Å². The number of hydrogen-bond donors (Lipinski definition) is 0. The highest BCUT2D eigenvalue weighted by molar-refractivity contribution is 5.41. The van der Waals surface area contributed by atoms with E-state index in [1.54, 1.807) is 19.1 Å². The molecule has 0 spiro atoms. The summed E-state index contributed by atoms with van der Waals surface area (Å²) in [6, 6.07) is 3.05. The zero-order valence-electron chi connectivity index (χ0n) is 10.3. The molecule has 0 heterocycles. The summed E-state index contributed by atoms with van der Waals surface area (Å²) in [7, 11) is 0. The minimum Gasteiger partial charge on any atom is -0.246 e. The standard InChI is InChI=1S/C14H15F2NO/c1-10-6-11(7-13(16)12(10)8-15)14(17-9-18)4-2-3-5-14/h6-7H,2-5,8H2,1H3. The molecule has 0 aromatic heterocycles. The summed E-state index contributed by atoms with van der Waals surface area (Å²) >= 11 is 0. The Kier molecular flexibility index (Phi) is 3.58. The van der Waals surface area contributed by atoms with E-state index in [1.165, 1.54) is 6.07 Å². The Hall–Kier alpha value is -1.54. The molecule has 1 aromatic rings. The minimum absolute atomic E-state index is 0.0852. The minimum atomic E-state index is -0.818. The van der Waals surface area contributed by atoms with Crippen LogP contribution in [0.2, 0.25) is 0 Å². The van der Waals surface area contributed by atoms with Gasteiger partial charge in [0.15, 0.2) is 0 Å². The van der Waals surface area contributed by atoms with Crippen molar-refractivity contribution in [2.24, 2.45) is 4.99 Å². The molecular formula is C14H15F2NO. The molecule has 1 saturated carbocycles. The smallest absolute Gasteiger partial charge is 0.235 e. The molecule has 0 unspecified atom stereocenters. The van der Waals surface area contributed by atoms with Crippen molar-refractivity contribution in [1.29, 1.82) is 0 Å². The normalized spacial score (nSPS) is 17.5. The second-order valence-electron chi connectivity index (χ2n) is 4.83. The predicted octanol–water partition coefficient (Wildman–Crippen LogP) is 3.71. The summed E-state index contributed by atoms with van der Waals surface area (Å²) in [5.41, 5.74) is 0.666. The number of halogens is 2. The summed E-state index contributed by atoms with van der Waals surface area (Å²) < 4.78 is 26.5. The van der Waals surface area contributed by atoms with Crippen LogP contribution in [0.5, 0.6) is 0 Å². The van der Waals surface area contributed by atoms with Gasteiger partial charge in [0.05, 0.1) is 5.54 Å². The van der Waals surface area contributed by atoms with Crippen LogP contribution >= 0.6 is 0 Å². The first-order valence-electron chi connectivity index (χ1n) is 6.07. The van der Waals surface area contributed by atoms with Crippen molar-refractivity contribution in [1.82, 2.24) is 0 Å². The molecule has 4 heteroatoms.